The van der Waals surface area contributed by atoms with Crippen LogP contribution in [0.3, 0.4) is 0 Å². The Morgan fingerprint density at radius 3 is 1.57 bits per heavy atom. The minimum Gasteiger partial charge on any atom is -0.101 e. The second-order valence-electron chi connectivity index (χ2n) is 5.31. The van der Waals surface area contributed by atoms with Crippen molar-refractivity contribution in [3.63, 3.8) is 0 Å². The molecule has 0 rings (SSSR count). The van der Waals surface area contributed by atoms with Crippen LogP contribution >= 0.6 is 23.2 Å². The molecule has 0 fully saturated rings. The van der Waals surface area contributed by atoms with Crippen molar-refractivity contribution < 1.29 is 0 Å². The van der Waals surface area contributed by atoms with E-state index in [9.17, 15) is 0 Å². The molecule has 0 heterocycles. The van der Waals surface area contributed by atoms with Gasteiger partial charge in [0.05, 0.1) is 0 Å². The van der Waals surface area contributed by atoms with E-state index in [0.717, 1.165) is 6.42 Å². The summed E-state index contributed by atoms with van der Waals surface area (Å²) in [5.74, 6) is 1.87. The molecule has 14 heavy (non-hydrogen) atoms. The summed E-state index contributed by atoms with van der Waals surface area (Å²) in [7, 11) is 0. The molecule has 0 aromatic heterocycles. The number of hydrogen-bond donors (Lipinski definition) is 0. The fraction of sp³-hybridized carbons (Fsp3) is 1.00. The maximum atomic E-state index is 6.44. The Morgan fingerprint density at radius 2 is 1.36 bits per heavy atom. The van der Waals surface area contributed by atoms with E-state index in [-0.39, 0.29) is 0 Å². The smallest absolute Gasteiger partial charge is 0.101 e. The molecule has 86 valence electrons. The highest BCUT2D eigenvalue weighted by Gasteiger charge is 2.39. The summed E-state index contributed by atoms with van der Waals surface area (Å²) < 4.78 is -0.585. The first kappa shape index (κ1) is 14.6. The molecule has 0 amide bonds. The fourth-order valence-electron chi connectivity index (χ4n) is 1.81. The Labute approximate surface area is 99.4 Å². The molecule has 0 saturated carbocycles. The molecule has 0 N–H and O–H groups in total. The lowest BCUT2D eigenvalue weighted by molar-refractivity contribution is 0.250. The summed E-state index contributed by atoms with van der Waals surface area (Å²) in [6, 6.07) is 0. The SMILES string of the molecule is CC(C)CC(C(C)C)C(Cl)(Cl)C(C)C. The molecule has 0 aliphatic carbocycles. The zero-order chi connectivity index (χ0) is 11.5. The lowest BCUT2D eigenvalue weighted by atomic mass is 9.81. The predicted molar refractivity (Wildman–Crippen MR) is 67.1 cm³/mol. The summed E-state index contributed by atoms with van der Waals surface area (Å²) in [6.45, 7) is 13.0. The maximum Gasteiger partial charge on any atom is 0.123 e. The van der Waals surface area contributed by atoms with Crippen LogP contribution in [0.4, 0.5) is 0 Å². The van der Waals surface area contributed by atoms with Crippen molar-refractivity contribution in [1.29, 1.82) is 0 Å². The predicted octanol–water partition coefficient (Wildman–Crippen LogP) is 5.13. The van der Waals surface area contributed by atoms with Crippen LogP contribution in [0.1, 0.15) is 48.0 Å². The van der Waals surface area contributed by atoms with Crippen LogP contribution in [0.5, 0.6) is 0 Å². The van der Waals surface area contributed by atoms with Crippen molar-refractivity contribution in [3.8, 4) is 0 Å². The number of alkyl halides is 2. The zero-order valence-corrected chi connectivity index (χ0v) is 11.8. The molecule has 0 aliphatic rings. The Hall–Kier alpha value is 0.580. The van der Waals surface area contributed by atoms with E-state index in [1.165, 1.54) is 0 Å². The Balaban J connectivity index is 4.64. The molecule has 0 nitrogen and oxygen atoms in total. The molecule has 0 bridgehead atoms. The van der Waals surface area contributed by atoms with Gasteiger partial charge in [-0.15, -0.1) is 23.2 Å². The van der Waals surface area contributed by atoms with Gasteiger partial charge < -0.3 is 0 Å². The van der Waals surface area contributed by atoms with Crippen LogP contribution in [-0.2, 0) is 0 Å². The molecule has 0 aromatic rings. The van der Waals surface area contributed by atoms with Crippen LogP contribution in [0, 0.1) is 23.7 Å². The van der Waals surface area contributed by atoms with Gasteiger partial charge in [-0.25, -0.2) is 0 Å². The summed E-state index contributed by atoms with van der Waals surface area (Å²) in [5.41, 5.74) is 0. The third-order valence-electron chi connectivity index (χ3n) is 2.79. The Morgan fingerprint density at radius 1 is 0.929 bits per heavy atom. The van der Waals surface area contributed by atoms with E-state index in [2.05, 4.69) is 41.5 Å². The third-order valence-corrected chi connectivity index (χ3v) is 4.23. The van der Waals surface area contributed by atoms with Crippen molar-refractivity contribution in [3.05, 3.63) is 0 Å². The highest BCUT2D eigenvalue weighted by Crippen LogP contribution is 2.44. The quantitative estimate of drug-likeness (QED) is 0.583. The molecule has 0 spiro atoms. The molecular weight excluding hydrogens is 215 g/mol. The molecule has 1 atom stereocenters. The highest BCUT2D eigenvalue weighted by molar-refractivity contribution is 6.48. The first-order chi connectivity index (χ1) is 6.19. The summed E-state index contributed by atoms with van der Waals surface area (Å²) in [5, 5.41) is 0. The monoisotopic (exact) mass is 238 g/mol. The van der Waals surface area contributed by atoms with Gasteiger partial charge in [0, 0.05) is 0 Å². The van der Waals surface area contributed by atoms with Gasteiger partial charge in [-0.2, -0.15) is 0 Å². The average molecular weight is 239 g/mol. The minimum atomic E-state index is -0.585. The molecule has 1 unspecified atom stereocenters. The first-order valence-electron chi connectivity index (χ1n) is 5.57. The van der Waals surface area contributed by atoms with Crippen LogP contribution in [0.2, 0.25) is 0 Å². The van der Waals surface area contributed by atoms with Crippen molar-refractivity contribution in [2.75, 3.05) is 0 Å². The van der Waals surface area contributed by atoms with Crippen molar-refractivity contribution in [2.45, 2.75) is 52.3 Å². The lowest BCUT2D eigenvalue weighted by Gasteiger charge is -2.37. The summed E-state index contributed by atoms with van der Waals surface area (Å²) in [4.78, 5) is 0. The normalized spacial score (nSPS) is 15.6. The first-order valence-corrected chi connectivity index (χ1v) is 6.33. The van der Waals surface area contributed by atoms with Crippen molar-refractivity contribution in [1.82, 2.24) is 0 Å². The molecule has 0 aliphatic heterocycles. The topological polar surface area (TPSA) is 0 Å². The van der Waals surface area contributed by atoms with Crippen molar-refractivity contribution in [2.24, 2.45) is 23.7 Å². The van der Waals surface area contributed by atoms with Crippen LogP contribution in [-0.4, -0.2) is 4.33 Å². The van der Waals surface area contributed by atoms with Crippen LogP contribution < -0.4 is 0 Å². The van der Waals surface area contributed by atoms with E-state index in [1.807, 2.05) is 0 Å². The van der Waals surface area contributed by atoms with Gasteiger partial charge in [-0.3, -0.25) is 0 Å². The van der Waals surface area contributed by atoms with Crippen molar-refractivity contribution >= 4 is 23.2 Å². The maximum absolute atomic E-state index is 6.44. The van der Waals surface area contributed by atoms with Gasteiger partial charge in [0.1, 0.15) is 4.33 Å². The van der Waals surface area contributed by atoms with Crippen LogP contribution in [0.25, 0.3) is 0 Å². The lowest BCUT2D eigenvalue weighted by Crippen LogP contribution is -2.35. The summed E-state index contributed by atoms with van der Waals surface area (Å²) >= 11 is 12.9. The van der Waals surface area contributed by atoms with Gasteiger partial charge >= 0.3 is 0 Å². The fourth-order valence-corrected chi connectivity index (χ4v) is 2.49. The third kappa shape index (κ3) is 3.98. The van der Waals surface area contributed by atoms with E-state index in [1.54, 1.807) is 0 Å². The molecule has 0 saturated heterocycles. The second kappa shape index (κ2) is 5.61. The van der Waals surface area contributed by atoms with Gasteiger partial charge in [0.15, 0.2) is 0 Å². The van der Waals surface area contributed by atoms with Gasteiger partial charge in [0.2, 0.25) is 0 Å². The Kier molecular flexibility index (Phi) is 5.84. The van der Waals surface area contributed by atoms with Crippen LogP contribution in [0.15, 0.2) is 0 Å². The molecule has 0 radical (unpaired) electrons. The minimum absolute atomic E-state index is 0.303. The van der Waals surface area contributed by atoms with E-state index >= 15 is 0 Å². The van der Waals surface area contributed by atoms with E-state index < -0.39 is 4.33 Å². The molecular formula is C12H24Cl2. The largest absolute Gasteiger partial charge is 0.123 e. The summed E-state index contributed by atoms with van der Waals surface area (Å²) in [6.07, 6.45) is 1.10. The number of halogens is 2. The second-order valence-corrected chi connectivity index (χ2v) is 6.75. The standard InChI is InChI=1S/C12H24Cl2/c1-8(2)7-11(9(3)4)12(13,14)10(5)6/h8-11H,7H2,1-6H3. The molecule has 2 heteroatoms. The van der Waals surface area contributed by atoms with Gasteiger partial charge in [-0.1, -0.05) is 41.5 Å². The van der Waals surface area contributed by atoms with E-state index in [0.29, 0.717) is 23.7 Å². The average Bonchev–Trinajstić information content (AvgIpc) is 1.98. The Bertz CT molecular complexity index is 160. The van der Waals surface area contributed by atoms with Gasteiger partial charge in [0.25, 0.3) is 0 Å². The molecule has 0 aromatic carbocycles. The number of rotatable bonds is 5. The zero-order valence-electron chi connectivity index (χ0n) is 10.3. The van der Waals surface area contributed by atoms with Gasteiger partial charge in [-0.05, 0) is 30.1 Å². The van der Waals surface area contributed by atoms with E-state index in [4.69, 9.17) is 23.2 Å². The highest BCUT2D eigenvalue weighted by atomic mass is 35.5. The number of hydrogen-bond acceptors (Lipinski definition) is 0.